The molecule has 10 heteroatoms. The lowest BCUT2D eigenvalue weighted by Crippen LogP contribution is -2.49. The molecule has 4 rings (SSSR count). The molecule has 1 N–H and O–H groups in total. The van der Waals surface area contributed by atoms with Gasteiger partial charge in [0.15, 0.2) is 0 Å². The highest BCUT2D eigenvalue weighted by atomic mass is 19.4. The number of rotatable bonds is 5. The number of amides is 3. The predicted octanol–water partition coefficient (Wildman–Crippen LogP) is 6.38. The maximum atomic E-state index is 14.2. The first-order valence-electron chi connectivity index (χ1n) is 11.1. The van der Waals surface area contributed by atoms with Gasteiger partial charge in [-0.1, -0.05) is 12.1 Å². The Hall–Kier alpha value is -3.95. The van der Waals surface area contributed by atoms with Crippen molar-refractivity contribution in [1.82, 2.24) is 4.90 Å². The predicted molar refractivity (Wildman–Crippen MR) is 125 cm³/mol. The normalized spacial score (nSPS) is 14.2. The van der Waals surface area contributed by atoms with Crippen molar-refractivity contribution in [2.24, 2.45) is 0 Å². The summed E-state index contributed by atoms with van der Waals surface area (Å²) in [6.45, 7) is 2.25. The first-order chi connectivity index (χ1) is 17.0. The lowest BCUT2D eigenvalue weighted by molar-refractivity contribution is -0.137. The molecule has 188 valence electrons. The Kier molecular flexibility index (Phi) is 6.96. The summed E-state index contributed by atoms with van der Waals surface area (Å²) < 4.78 is 67.0. The molecule has 3 amide bonds. The van der Waals surface area contributed by atoms with Crippen LogP contribution in [-0.4, -0.2) is 29.9 Å². The zero-order chi connectivity index (χ0) is 26.0. The van der Waals surface area contributed by atoms with Crippen LogP contribution in [0.5, 0.6) is 0 Å². The van der Waals surface area contributed by atoms with E-state index < -0.39 is 35.3 Å². The Morgan fingerprint density at radius 1 is 1.00 bits per heavy atom. The fourth-order valence-electron chi connectivity index (χ4n) is 4.04. The summed E-state index contributed by atoms with van der Waals surface area (Å²) in [5, 5.41) is 2.62. The molecule has 0 radical (unpaired) electrons. The number of nitrogens with one attached hydrogen (secondary N) is 1. The third-order valence-electron chi connectivity index (χ3n) is 5.82. The molecule has 1 aliphatic heterocycles. The van der Waals surface area contributed by atoms with E-state index in [4.69, 9.17) is 0 Å². The standard InChI is InChI=1S/C26H22F5N3O2/c1-16-6-9-23(22(12-16)32-24(35)17-4-2-5-19(13-17)26(29,30)31)34-11-3-10-33(25(34)36)15-18-14-20(27)7-8-21(18)28/h2,4-9,12-14H,3,10-11,15H2,1H3,(H,32,35). The lowest BCUT2D eigenvalue weighted by Gasteiger charge is -2.36. The van der Waals surface area contributed by atoms with E-state index in [1.165, 1.54) is 15.9 Å². The molecule has 0 unspecified atom stereocenters. The highest BCUT2D eigenvalue weighted by molar-refractivity contribution is 6.07. The molecule has 1 fully saturated rings. The number of hydrogen-bond acceptors (Lipinski definition) is 2. The van der Waals surface area contributed by atoms with Crippen LogP contribution in [-0.2, 0) is 12.7 Å². The Bertz CT molecular complexity index is 1310. The molecule has 5 nitrogen and oxygen atoms in total. The van der Waals surface area contributed by atoms with Gasteiger partial charge in [0, 0.05) is 24.2 Å². The number of aryl methyl sites for hydroxylation is 1. The van der Waals surface area contributed by atoms with E-state index in [1.807, 2.05) is 0 Å². The third kappa shape index (κ3) is 5.48. The molecule has 0 atom stereocenters. The highest BCUT2D eigenvalue weighted by Crippen LogP contribution is 2.32. The molecule has 0 aliphatic carbocycles. The summed E-state index contributed by atoms with van der Waals surface area (Å²) in [5.41, 5.74) is 0.227. The van der Waals surface area contributed by atoms with E-state index in [-0.39, 0.29) is 23.4 Å². The number of urea groups is 1. The molecule has 36 heavy (non-hydrogen) atoms. The SMILES string of the molecule is Cc1ccc(N2CCCN(Cc3cc(F)ccc3F)C2=O)c(NC(=O)c2cccc(C(F)(F)F)c2)c1. The average molecular weight is 503 g/mol. The summed E-state index contributed by atoms with van der Waals surface area (Å²) in [5.74, 6) is -2.02. The second-order valence-electron chi connectivity index (χ2n) is 8.50. The lowest BCUT2D eigenvalue weighted by atomic mass is 10.1. The molecule has 0 aromatic heterocycles. The molecule has 0 bridgehead atoms. The van der Waals surface area contributed by atoms with Gasteiger partial charge >= 0.3 is 12.2 Å². The number of hydrogen-bond donors (Lipinski definition) is 1. The van der Waals surface area contributed by atoms with E-state index >= 15 is 0 Å². The van der Waals surface area contributed by atoms with Gasteiger partial charge in [0.25, 0.3) is 5.91 Å². The van der Waals surface area contributed by atoms with Crippen LogP contribution in [0, 0.1) is 18.6 Å². The largest absolute Gasteiger partial charge is 0.416 e. The van der Waals surface area contributed by atoms with Crippen LogP contribution in [0.25, 0.3) is 0 Å². The van der Waals surface area contributed by atoms with E-state index in [0.29, 0.717) is 25.2 Å². The second kappa shape index (κ2) is 9.96. The molecule has 0 spiro atoms. The van der Waals surface area contributed by atoms with Gasteiger partial charge in [-0.05, 0) is 67.4 Å². The van der Waals surface area contributed by atoms with E-state index in [2.05, 4.69) is 5.32 Å². The van der Waals surface area contributed by atoms with Gasteiger partial charge in [0.05, 0.1) is 23.5 Å². The van der Waals surface area contributed by atoms with Crippen LogP contribution in [0.2, 0.25) is 0 Å². The van der Waals surface area contributed by atoms with Gasteiger partial charge in [0.1, 0.15) is 11.6 Å². The number of alkyl halides is 3. The molecule has 0 saturated carbocycles. The molecular formula is C26H22F5N3O2. The van der Waals surface area contributed by atoms with Gasteiger partial charge in [0.2, 0.25) is 0 Å². The van der Waals surface area contributed by atoms with Crippen molar-refractivity contribution in [3.63, 3.8) is 0 Å². The Balaban J connectivity index is 1.59. The van der Waals surface area contributed by atoms with Crippen molar-refractivity contribution in [3.8, 4) is 0 Å². The summed E-state index contributed by atoms with van der Waals surface area (Å²) in [6, 6.07) is 11.6. The molecular weight excluding hydrogens is 481 g/mol. The second-order valence-corrected chi connectivity index (χ2v) is 8.50. The van der Waals surface area contributed by atoms with Gasteiger partial charge in [-0.3, -0.25) is 9.69 Å². The minimum atomic E-state index is -4.60. The minimum absolute atomic E-state index is 0.0344. The Morgan fingerprint density at radius 3 is 2.53 bits per heavy atom. The maximum Gasteiger partial charge on any atom is 0.416 e. The Morgan fingerprint density at radius 2 is 1.78 bits per heavy atom. The minimum Gasteiger partial charge on any atom is -0.320 e. The number of nitrogens with zero attached hydrogens (tertiary/aromatic N) is 2. The van der Waals surface area contributed by atoms with Gasteiger partial charge in [-0.25, -0.2) is 13.6 Å². The quantitative estimate of drug-likeness (QED) is 0.411. The third-order valence-corrected chi connectivity index (χ3v) is 5.82. The van der Waals surface area contributed by atoms with Gasteiger partial charge < -0.3 is 10.2 Å². The van der Waals surface area contributed by atoms with Crippen LogP contribution in [0.3, 0.4) is 0 Å². The van der Waals surface area contributed by atoms with Crippen molar-refractivity contribution in [2.75, 3.05) is 23.3 Å². The summed E-state index contributed by atoms with van der Waals surface area (Å²) >= 11 is 0. The molecule has 1 saturated heterocycles. The van der Waals surface area contributed by atoms with Crippen molar-refractivity contribution < 1.29 is 31.5 Å². The fraction of sp³-hybridized carbons (Fsp3) is 0.231. The summed E-state index contributed by atoms with van der Waals surface area (Å²) in [4.78, 5) is 28.9. The van der Waals surface area contributed by atoms with Crippen LogP contribution in [0.15, 0.2) is 60.7 Å². The smallest absolute Gasteiger partial charge is 0.320 e. The monoisotopic (exact) mass is 503 g/mol. The first-order valence-corrected chi connectivity index (χ1v) is 11.1. The van der Waals surface area contributed by atoms with Crippen molar-refractivity contribution in [1.29, 1.82) is 0 Å². The highest BCUT2D eigenvalue weighted by Gasteiger charge is 2.32. The Labute approximate surface area is 204 Å². The van der Waals surface area contributed by atoms with Crippen molar-refractivity contribution in [3.05, 3.63) is 94.6 Å². The number of halogens is 5. The summed E-state index contributed by atoms with van der Waals surface area (Å²) in [7, 11) is 0. The van der Waals surface area contributed by atoms with E-state index in [9.17, 15) is 31.5 Å². The van der Waals surface area contributed by atoms with Crippen LogP contribution < -0.4 is 10.2 Å². The first kappa shape index (κ1) is 25.2. The molecule has 1 heterocycles. The van der Waals surface area contributed by atoms with Gasteiger partial charge in [-0.2, -0.15) is 13.2 Å². The zero-order valence-corrected chi connectivity index (χ0v) is 19.2. The molecule has 3 aromatic rings. The number of carbonyl (C=O) groups excluding carboxylic acids is 2. The number of carbonyl (C=O) groups is 2. The fourth-order valence-corrected chi connectivity index (χ4v) is 4.04. The van der Waals surface area contributed by atoms with Crippen LogP contribution >= 0.6 is 0 Å². The van der Waals surface area contributed by atoms with Crippen molar-refractivity contribution in [2.45, 2.75) is 26.1 Å². The average Bonchev–Trinajstić information content (AvgIpc) is 2.83. The van der Waals surface area contributed by atoms with E-state index in [0.717, 1.165) is 42.0 Å². The van der Waals surface area contributed by atoms with Gasteiger partial charge in [-0.15, -0.1) is 0 Å². The van der Waals surface area contributed by atoms with E-state index in [1.54, 1.807) is 25.1 Å². The summed E-state index contributed by atoms with van der Waals surface area (Å²) in [6.07, 6.45) is -4.08. The molecule has 3 aromatic carbocycles. The number of benzene rings is 3. The maximum absolute atomic E-state index is 14.2. The number of anilines is 2. The van der Waals surface area contributed by atoms with Crippen molar-refractivity contribution >= 4 is 23.3 Å². The van der Waals surface area contributed by atoms with Crippen LogP contribution in [0.4, 0.5) is 38.1 Å². The topological polar surface area (TPSA) is 52.6 Å². The van der Waals surface area contributed by atoms with Crippen LogP contribution in [0.1, 0.15) is 33.5 Å². The molecule has 1 aliphatic rings. The zero-order valence-electron chi connectivity index (χ0n) is 19.2.